The average molecular weight is 376 g/mol. The third-order valence-corrected chi connectivity index (χ3v) is 5.27. The fourth-order valence-electron chi connectivity index (χ4n) is 3.85. The van der Waals surface area contributed by atoms with E-state index in [1.807, 2.05) is 57.4 Å². The molecule has 4 rings (SSSR count). The average Bonchev–Trinajstić information content (AvgIpc) is 2.95. The molecule has 2 heterocycles. The van der Waals surface area contributed by atoms with E-state index in [4.69, 9.17) is 4.42 Å². The Balaban J connectivity index is 1.86. The Morgan fingerprint density at radius 2 is 1.75 bits per heavy atom. The summed E-state index contributed by atoms with van der Waals surface area (Å²) in [5.41, 5.74) is 2.86. The molecule has 3 aromatic rings. The number of carbonyl (C=O) groups is 1. The number of benzene rings is 2. The van der Waals surface area contributed by atoms with E-state index < -0.39 is 6.04 Å². The van der Waals surface area contributed by atoms with Gasteiger partial charge >= 0.3 is 0 Å². The van der Waals surface area contributed by atoms with Gasteiger partial charge in [-0.15, -0.1) is 0 Å². The minimum Gasteiger partial charge on any atom is -0.450 e. The van der Waals surface area contributed by atoms with E-state index in [0.29, 0.717) is 23.1 Å². The largest absolute Gasteiger partial charge is 0.450 e. The van der Waals surface area contributed by atoms with Crippen molar-refractivity contribution >= 4 is 16.9 Å². The van der Waals surface area contributed by atoms with Gasteiger partial charge in [-0.2, -0.15) is 0 Å². The number of carbonyl (C=O) groups excluding carboxylic acids is 1. The lowest BCUT2D eigenvalue weighted by Gasteiger charge is -2.25. The topological polar surface area (TPSA) is 53.8 Å². The molecule has 0 N–H and O–H groups in total. The Bertz CT molecular complexity index is 1080. The fraction of sp³-hybridized carbons (Fsp3) is 0.304. The molecule has 1 atom stereocenters. The molecule has 0 spiro atoms. The number of aryl methyl sites for hydroxylation is 1. The van der Waals surface area contributed by atoms with Crippen LogP contribution in [0.1, 0.15) is 39.7 Å². The van der Waals surface area contributed by atoms with Crippen LogP contribution in [0, 0.1) is 6.92 Å². The van der Waals surface area contributed by atoms with Gasteiger partial charge in [0.1, 0.15) is 5.58 Å². The van der Waals surface area contributed by atoms with Crippen LogP contribution in [-0.4, -0.2) is 42.9 Å². The highest BCUT2D eigenvalue weighted by Gasteiger charge is 2.42. The Morgan fingerprint density at radius 3 is 2.46 bits per heavy atom. The van der Waals surface area contributed by atoms with Gasteiger partial charge in [0, 0.05) is 6.54 Å². The standard InChI is InChI=1S/C23H24N2O3/c1-15-9-11-16(12-10-15)20-19-21(26)17-7-4-5-8-18(17)28-22(19)23(27)25(20)14-6-13-24(2)3/h4-5,7-12,20H,6,13-14H2,1-3H3/t20-/m1/s1. The van der Waals surface area contributed by atoms with E-state index in [1.54, 1.807) is 17.0 Å². The summed E-state index contributed by atoms with van der Waals surface area (Å²) in [6, 6.07) is 14.7. The second-order valence-electron chi connectivity index (χ2n) is 7.64. The number of rotatable bonds is 5. The Morgan fingerprint density at radius 1 is 1.04 bits per heavy atom. The van der Waals surface area contributed by atoms with Crippen LogP contribution in [0.4, 0.5) is 0 Å². The zero-order valence-corrected chi connectivity index (χ0v) is 16.4. The second-order valence-corrected chi connectivity index (χ2v) is 7.64. The van der Waals surface area contributed by atoms with E-state index in [9.17, 15) is 9.59 Å². The predicted octanol–water partition coefficient (Wildman–Crippen LogP) is 3.60. The summed E-state index contributed by atoms with van der Waals surface area (Å²) in [5, 5.41) is 0.515. The maximum Gasteiger partial charge on any atom is 0.290 e. The summed E-state index contributed by atoms with van der Waals surface area (Å²) in [7, 11) is 4.02. The monoisotopic (exact) mass is 376 g/mol. The third-order valence-electron chi connectivity index (χ3n) is 5.27. The number of fused-ring (bicyclic) bond motifs is 2. The second kappa shape index (κ2) is 7.24. The minimum atomic E-state index is -0.411. The van der Waals surface area contributed by atoms with Gasteiger partial charge in [-0.3, -0.25) is 9.59 Å². The van der Waals surface area contributed by atoms with Crippen LogP contribution in [0.2, 0.25) is 0 Å². The molecule has 1 amide bonds. The van der Waals surface area contributed by atoms with Gasteiger partial charge in [-0.1, -0.05) is 42.0 Å². The molecule has 0 unspecified atom stereocenters. The molecule has 28 heavy (non-hydrogen) atoms. The van der Waals surface area contributed by atoms with Crippen LogP contribution in [0.3, 0.4) is 0 Å². The van der Waals surface area contributed by atoms with E-state index >= 15 is 0 Å². The van der Waals surface area contributed by atoms with Crippen molar-refractivity contribution in [1.29, 1.82) is 0 Å². The summed E-state index contributed by atoms with van der Waals surface area (Å²) in [4.78, 5) is 30.4. The Labute approximate surface area is 164 Å². The van der Waals surface area contributed by atoms with Gasteiger partial charge in [-0.25, -0.2) is 0 Å². The minimum absolute atomic E-state index is 0.120. The van der Waals surface area contributed by atoms with Gasteiger partial charge in [-0.05, 0) is 51.7 Å². The van der Waals surface area contributed by atoms with Crippen molar-refractivity contribution in [2.24, 2.45) is 0 Å². The number of nitrogens with zero attached hydrogens (tertiary/aromatic N) is 2. The van der Waals surface area contributed by atoms with Gasteiger partial charge in [0.25, 0.3) is 5.91 Å². The highest BCUT2D eigenvalue weighted by molar-refractivity contribution is 5.99. The van der Waals surface area contributed by atoms with Crippen LogP contribution in [0.15, 0.2) is 57.7 Å². The Hall–Kier alpha value is -2.92. The quantitative estimate of drug-likeness (QED) is 0.683. The maximum atomic E-state index is 13.3. The van der Waals surface area contributed by atoms with Gasteiger partial charge in [0.05, 0.1) is 17.0 Å². The van der Waals surface area contributed by atoms with Crippen molar-refractivity contribution in [1.82, 2.24) is 9.80 Å². The molecule has 5 nitrogen and oxygen atoms in total. The number of hydrogen-bond donors (Lipinski definition) is 0. The van der Waals surface area contributed by atoms with E-state index in [0.717, 1.165) is 24.1 Å². The molecule has 0 radical (unpaired) electrons. The molecule has 144 valence electrons. The first-order valence-electron chi connectivity index (χ1n) is 9.55. The van der Waals surface area contributed by atoms with Crippen LogP contribution >= 0.6 is 0 Å². The SMILES string of the molecule is Cc1ccc([C@@H]2c3c(oc4ccccc4c3=O)C(=O)N2CCCN(C)C)cc1. The third kappa shape index (κ3) is 3.12. The first kappa shape index (κ1) is 18.4. The molecule has 1 aliphatic heterocycles. The molecule has 0 fully saturated rings. The normalized spacial score (nSPS) is 16.2. The van der Waals surface area contributed by atoms with Crippen molar-refractivity contribution in [3.8, 4) is 0 Å². The summed E-state index contributed by atoms with van der Waals surface area (Å²) in [5.74, 6) is -0.0266. The lowest BCUT2D eigenvalue weighted by Crippen LogP contribution is -2.32. The number of amides is 1. The van der Waals surface area contributed by atoms with Crippen molar-refractivity contribution in [3.05, 3.63) is 81.2 Å². The van der Waals surface area contributed by atoms with E-state index in [2.05, 4.69) is 4.90 Å². The van der Waals surface area contributed by atoms with Crippen molar-refractivity contribution in [3.63, 3.8) is 0 Å². The molecule has 0 aliphatic carbocycles. The highest BCUT2D eigenvalue weighted by atomic mass is 16.3. The molecular weight excluding hydrogens is 352 g/mol. The summed E-state index contributed by atoms with van der Waals surface area (Å²) in [6.45, 7) is 3.45. The van der Waals surface area contributed by atoms with Crippen LogP contribution in [0.25, 0.3) is 11.0 Å². The molecule has 1 aromatic heterocycles. The highest BCUT2D eigenvalue weighted by Crippen LogP contribution is 2.38. The van der Waals surface area contributed by atoms with E-state index in [1.165, 1.54) is 0 Å². The fourth-order valence-corrected chi connectivity index (χ4v) is 3.85. The zero-order valence-electron chi connectivity index (χ0n) is 16.4. The van der Waals surface area contributed by atoms with Gasteiger partial charge in [0.2, 0.25) is 5.76 Å². The van der Waals surface area contributed by atoms with Crippen molar-refractivity contribution in [2.45, 2.75) is 19.4 Å². The molecule has 2 aromatic carbocycles. The molecular formula is C23H24N2O3. The number of para-hydroxylation sites is 1. The van der Waals surface area contributed by atoms with Crippen LogP contribution < -0.4 is 5.43 Å². The van der Waals surface area contributed by atoms with Gasteiger partial charge < -0.3 is 14.2 Å². The first-order valence-corrected chi connectivity index (χ1v) is 9.55. The Kier molecular flexibility index (Phi) is 4.77. The summed E-state index contributed by atoms with van der Waals surface area (Å²) in [6.07, 6.45) is 0.822. The van der Waals surface area contributed by atoms with E-state index in [-0.39, 0.29) is 17.1 Å². The summed E-state index contributed by atoms with van der Waals surface area (Å²) >= 11 is 0. The smallest absolute Gasteiger partial charge is 0.290 e. The predicted molar refractivity (Wildman–Crippen MR) is 110 cm³/mol. The van der Waals surface area contributed by atoms with Crippen LogP contribution in [-0.2, 0) is 0 Å². The van der Waals surface area contributed by atoms with Crippen molar-refractivity contribution in [2.75, 3.05) is 27.2 Å². The summed E-state index contributed by atoms with van der Waals surface area (Å²) < 4.78 is 5.93. The van der Waals surface area contributed by atoms with Gasteiger partial charge in [0.15, 0.2) is 5.43 Å². The molecule has 0 saturated heterocycles. The molecule has 0 saturated carbocycles. The number of hydrogen-bond acceptors (Lipinski definition) is 4. The lowest BCUT2D eigenvalue weighted by molar-refractivity contribution is 0.0722. The molecule has 5 heteroatoms. The lowest BCUT2D eigenvalue weighted by atomic mass is 9.97. The molecule has 1 aliphatic rings. The van der Waals surface area contributed by atoms with Crippen molar-refractivity contribution < 1.29 is 9.21 Å². The molecule has 0 bridgehead atoms. The zero-order chi connectivity index (χ0) is 19.8. The maximum absolute atomic E-state index is 13.3. The van der Waals surface area contributed by atoms with Crippen LogP contribution in [0.5, 0.6) is 0 Å². The first-order chi connectivity index (χ1) is 13.5.